The summed E-state index contributed by atoms with van der Waals surface area (Å²) in [6.45, 7) is 6.28. The number of ether oxygens (including phenoxy) is 3. The molecule has 3 aromatic carbocycles. The van der Waals surface area contributed by atoms with Crippen molar-refractivity contribution in [1.29, 1.82) is 0 Å². The molecule has 3 aromatic rings. The summed E-state index contributed by atoms with van der Waals surface area (Å²) in [6, 6.07) is 24.2. The molecular formula is C35H42N2O6. The Bertz CT molecular complexity index is 1370. The lowest BCUT2D eigenvalue weighted by molar-refractivity contribution is -0.253. The van der Waals surface area contributed by atoms with Crippen molar-refractivity contribution in [3.8, 4) is 11.1 Å². The van der Waals surface area contributed by atoms with E-state index in [1.54, 1.807) is 6.92 Å². The lowest BCUT2D eigenvalue weighted by Gasteiger charge is -2.39. The molecule has 0 radical (unpaired) electrons. The summed E-state index contributed by atoms with van der Waals surface area (Å²) >= 11 is 0. The quantitative estimate of drug-likeness (QED) is 0.305. The molecule has 0 aliphatic carbocycles. The molecule has 2 heterocycles. The van der Waals surface area contributed by atoms with Crippen LogP contribution in [0.3, 0.4) is 0 Å². The molecule has 2 saturated heterocycles. The van der Waals surface area contributed by atoms with E-state index < -0.39 is 18.4 Å². The normalized spacial score (nSPS) is 21.6. The molecule has 4 atom stereocenters. The number of rotatable bonds is 10. The summed E-state index contributed by atoms with van der Waals surface area (Å²) < 4.78 is 18.2. The molecule has 228 valence electrons. The van der Waals surface area contributed by atoms with E-state index in [9.17, 15) is 14.7 Å². The van der Waals surface area contributed by atoms with Crippen LogP contribution in [0.5, 0.6) is 0 Å². The second-order valence-electron chi connectivity index (χ2n) is 11.5. The van der Waals surface area contributed by atoms with Crippen molar-refractivity contribution in [2.75, 3.05) is 19.6 Å². The summed E-state index contributed by atoms with van der Waals surface area (Å²) in [7, 11) is 0. The summed E-state index contributed by atoms with van der Waals surface area (Å²) in [5.74, 6) is -0.826. The molecule has 8 nitrogen and oxygen atoms in total. The van der Waals surface area contributed by atoms with Gasteiger partial charge in [0.05, 0.1) is 18.8 Å². The van der Waals surface area contributed by atoms with E-state index in [0.717, 1.165) is 59.4 Å². The number of esters is 1. The van der Waals surface area contributed by atoms with Gasteiger partial charge in [-0.05, 0) is 72.8 Å². The number of likely N-dealkylation sites (tertiary alicyclic amines) is 1. The molecule has 1 amide bonds. The van der Waals surface area contributed by atoms with Crippen molar-refractivity contribution in [2.45, 2.75) is 77.3 Å². The first-order chi connectivity index (χ1) is 20.9. The molecule has 0 saturated carbocycles. The zero-order valence-corrected chi connectivity index (χ0v) is 25.0. The maximum atomic E-state index is 12.3. The summed E-state index contributed by atoms with van der Waals surface area (Å²) in [6.07, 6.45) is 3.08. The van der Waals surface area contributed by atoms with Crippen LogP contribution < -0.4 is 5.32 Å². The molecule has 0 spiro atoms. The van der Waals surface area contributed by atoms with Crippen LogP contribution in [0.4, 0.5) is 0 Å². The van der Waals surface area contributed by atoms with Gasteiger partial charge in [0.15, 0.2) is 12.4 Å². The maximum Gasteiger partial charge on any atom is 0.303 e. The van der Waals surface area contributed by atoms with Gasteiger partial charge < -0.3 is 29.5 Å². The van der Waals surface area contributed by atoms with E-state index in [4.69, 9.17) is 14.2 Å². The monoisotopic (exact) mass is 586 g/mol. The van der Waals surface area contributed by atoms with Gasteiger partial charge in [0.25, 0.3) is 5.91 Å². The zero-order valence-electron chi connectivity index (χ0n) is 25.0. The van der Waals surface area contributed by atoms with Crippen LogP contribution in [0, 0.1) is 0 Å². The van der Waals surface area contributed by atoms with Gasteiger partial charge in [-0.15, -0.1) is 0 Å². The van der Waals surface area contributed by atoms with Gasteiger partial charge in [-0.2, -0.15) is 0 Å². The SMILES string of the molecule is CC(=O)O[C@@H](C)C(=O)NCc1cccc(-c2cccc([C@H]3O[C@@H](CN4CCCCC4)C[C@@H](c4ccc(CO)cc4)O3)c2)c1. The Morgan fingerprint density at radius 2 is 1.65 bits per heavy atom. The highest BCUT2D eigenvalue weighted by Gasteiger charge is 2.33. The van der Waals surface area contributed by atoms with Gasteiger partial charge in [0.2, 0.25) is 0 Å². The third-order valence-corrected chi connectivity index (χ3v) is 8.12. The fourth-order valence-corrected chi connectivity index (χ4v) is 5.82. The average molecular weight is 587 g/mol. The molecule has 2 N–H and O–H groups in total. The highest BCUT2D eigenvalue weighted by molar-refractivity contribution is 5.82. The van der Waals surface area contributed by atoms with Crippen molar-refractivity contribution < 1.29 is 28.9 Å². The Morgan fingerprint density at radius 1 is 0.930 bits per heavy atom. The fourth-order valence-electron chi connectivity index (χ4n) is 5.82. The number of carbonyl (C=O) groups excluding carboxylic acids is 2. The number of aliphatic hydroxyl groups is 1. The molecule has 8 heteroatoms. The molecule has 0 bridgehead atoms. The highest BCUT2D eigenvalue weighted by Crippen LogP contribution is 2.39. The van der Waals surface area contributed by atoms with Gasteiger partial charge >= 0.3 is 5.97 Å². The molecular weight excluding hydrogens is 544 g/mol. The Morgan fingerprint density at radius 3 is 2.37 bits per heavy atom. The summed E-state index contributed by atoms with van der Waals surface area (Å²) in [5, 5.41) is 12.3. The minimum atomic E-state index is -0.844. The smallest absolute Gasteiger partial charge is 0.303 e. The van der Waals surface area contributed by atoms with E-state index in [2.05, 4.69) is 22.3 Å². The van der Waals surface area contributed by atoms with Crippen molar-refractivity contribution >= 4 is 11.9 Å². The molecule has 2 fully saturated rings. The number of nitrogens with zero attached hydrogens (tertiary/aromatic N) is 1. The Balaban J connectivity index is 1.32. The molecule has 0 aromatic heterocycles. The molecule has 2 aliphatic heterocycles. The van der Waals surface area contributed by atoms with E-state index in [1.807, 2.05) is 60.7 Å². The van der Waals surface area contributed by atoms with Crippen molar-refractivity contribution in [2.24, 2.45) is 0 Å². The number of benzene rings is 3. The summed E-state index contributed by atoms with van der Waals surface area (Å²) in [5.41, 5.74) is 5.89. The van der Waals surface area contributed by atoms with Crippen LogP contribution in [0.15, 0.2) is 72.8 Å². The molecule has 43 heavy (non-hydrogen) atoms. The number of nitrogens with one attached hydrogen (secondary N) is 1. The Kier molecular flexibility index (Phi) is 10.6. The Labute approximate surface area is 254 Å². The minimum absolute atomic E-state index is 0.0168. The van der Waals surface area contributed by atoms with E-state index in [0.29, 0.717) is 6.54 Å². The zero-order chi connectivity index (χ0) is 30.2. The second kappa shape index (κ2) is 14.8. The third kappa shape index (κ3) is 8.51. The van der Waals surface area contributed by atoms with Crippen LogP contribution in [0.25, 0.3) is 11.1 Å². The van der Waals surface area contributed by atoms with Crippen LogP contribution in [-0.4, -0.2) is 53.7 Å². The van der Waals surface area contributed by atoms with Crippen LogP contribution in [0.2, 0.25) is 0 Å². The lowest BCUT2D eigenvalue weighted by atomic mass is 9.98. The third-order valence-electron chi connectivity index (χ3n) is 8.12. The number of carbonyl (C=O) groups is 2. The molecule has 0 unspecified atom stereocenters. The van der Waals surface area contributed by atoms with E-state index in [1.165, 1.54) is 26.2 Å². The highest BCUT2D eigenvalue weighted by atomic mass is 16.7. The average Bonchev–Trinajstić information content (AvgIpc) is 3.04. The van der Waals surface area contributed by atoms with Gasteiger partial charge in [-0.3, -0.25) is 9.59 Å². The molecule has 5 rings (SSSR count). The first kappa shape index (κ1) is 30.9. The largest absolute Gasteiger partial charge is 0.453 e. The first-order valence-corrected chi connectivity index (χ1v) is 15.2. The maximum absolute atomic E-state index is 12.3. The fraction of sp³-hybridized carbons (Fsp3) is 0.429. The van der Waals surface area contributed by atoms with Crippen LogP contribution >= 0.6 is 0 Å². The first-order valence-electron chi connectivity index (χ1n) is 15.2. The topological polar surface area (TPSA) is 97.3 Å². The number of aliphatic hydroxyl groups excluding tert-OH is 1. The summed E-state index contributed by atoms with van der Waals surface area (Å²) in [4.78, 5) is 26.0. The predicted octanol–water partition coefficient (Wildman–Crippen LogP) is 5.45. The predicted molar refractivity (Wildman–Crippen MR) is 164 cm³/mol. The second-order valence-corrected chi connectivity index (χ2v) is 11.5. The lowest BCUT2D eigenvalue weighted by Crippen LogP contribution is -2.41. The van der Waals surface area contributed by atoms with Gasteiger partial charge in [0, 0.05) is 32.0 Å². The van der Waals surface area contributed by atoms with Gasteiger partial charge in [0.1, 0.15) is 0 Å². The Hall–Kier alpha value is -3.56. The number of hydrogen-bond donors (Lipinski definition) is 2. The van der Waals surface area contributed by atoms with Gasteiger partial charge in [-0.1, -0.05) is 67.1 Å². The van der Waals surface area contributed by atoms with E-state index in [-0.39, 0.29) is 24.7 Å². The minimum Gasteiger partial charge on any atom is -0.453 e. The van der Waals surface area contributed by atoms with Crippen molar-refractivity contribution in [3.05, 3.63) is 95.1 Å². The van der Waals surface area contributed by atoms with Crippen molar-refractivity contribution in [1.82, 2.24) is 10.2 Å². The molecule has 2 aliphatic rings. The van der Waals surface area contributed by atoms with Gasteiger partial charge in [-0.25, -0.2) is 0 Å². The van der Waals surface area contributed by atoms with Crippen LogP contribution in [-0.2, 0) is 37.0 Å². The van der Waals surface area contributed by atoms with Crippen LogP contribution in [0.1, 0.15) is 74.2 Å². The van der Waals surface area contributed by atoms with E-state index >= 15 is 0 Å². The standard InChI is InChI=1S/C35H42N2O6/c1-24(41-25(2)39)34(40)36-21-27-8-6-9-29(18-27)30-10-7-11-31(19-30)35-42-32(22-37-16-4-3-5-17-37)20-33(43-35)28-14-12-26(23-38)13-15-28/h6-15,18-19,24,32-33,35,38H,3-5,16-17,20-23H2,1-2H3,(H,36,40)/t24-,32+,33-,35-/m0/s1. The number of hydrogen-bond acceptors (Lipinski definition) is 7. The number of amides is 1. The number of piperidine rings is 1. The van der Waals surface area contributed by atoms with Crippen molar-refractivity contribution in [3.63, 3.8) is 0 Å².